The van der Waals surface area contributed by atoms with Crippen LogP contribution in [0.25, 0.3) is 0 Å². The second-order valence-electron chi connectivity index (χ2n) is 9.43. The summed E-state index contributed by atoms with van der Waals surface area (Å²) in [5.74, 6) is 1.11. The van der Waals surface area contributed by atoms with Gasteiger partial charge in [-0.05, 0) is 49.0 Å². The maximum atomic E-state index is 12.6. The molecule has 1 aromatic rings. The van der Waals surface area contributed by atoms with Gasteiger partial charge in [-0.1, -0.05) is 40.0 Å². The van der Waals surface area contributed by atoms with Gasteiger partial charge in [0.05, 0.1) is 12.7 Å². The Bertz CT molecular complexity index is 729. The highest BCUT2D eigenvalue weighted by Crippen LogP contribution is 2.44. The summed E-state index contributed by atoms with van der Waals surface area (Å²) < 4.78 is 5.05. The Morgan fingerprint density at radius 2 is 1.90 bits per heavy atom. The minimum absolute atomic E-state index is 0.00410. The van der Waals surface area contributed by atoms with Crippen molar-refractivity contribution in [1.82, 2.24) is 0 Å². The molecule has 0 saturated heterocycles. The summed E-state index contributed by atoms with van der Waals surface area (Å²) in [4.78, 5) is 26.3. The van der Waals surface area contributed by atoms with E-state index in [0.717, 1.165) is 30.6 Å². The van der Waals surface area contributed by atoms with Gasteiger partial charge in [-0.2, -0.15) is 11.8 Å². The Labute approximate surface area is 183 Å². The summed E-state index contributed by atoms with van der Waals surface area (Å²) >= 11 is 3.51. The average molecular weight is 438 g/mol. The maximum absolute atomic E-state index is 12.6. The Balaban J connectivity index is 1.65. The number of thiophene rings is 1. The van der Waals surface area contributed by atoms with Crippen LogP contribution in [0.15, 0.2) is 0 Å². The van der Waals surface area contributed by atoms with Crippen molar-refractivity contribution in [3.63, 3.8) is 0 Å². The number of thioether (sulfide) groups is 1. The summed E-state index contributed by atoms with van der Waals surface area (Å²) in [6, 6.07) is 0. The molecule has 1 heterocycles. The van der Waals surface area contributed by atoms with E-state index in [-0.39, 0.29) is 17.3 Å². The number of nitrogens with one attached hydrogen (secondary N) is 1. The third kappa shape index (κ3) is 5.78. The van der Waals surface area contributed by atoms with Crippen LogP contribution in [0.5, 0.6) is 0 Å². The molecule has 1 atom stereocenters. The number of amides is 1. The first-order valence-electron chi connectivity index (χ1n) is 10.9. The number of carbonyl (C=O) groups excluding carboxylic acids is 2. The van der Waals surface area contributed by atoms with Gasteiger partial charge in [0.15, 0.2) is 0 Å². The molecule has 2 aliphatic carbocycles. The molecule has 0 radical (unpaired) electrons. The van der Waals surface area contributed by atoms with Gasteiger partial charge in [-0.3, -0.25) is 4.79 Å². The predicted molar refractivity (Wildman–Crippen MR) is 123 cm³/mol. The number of fused-ring (bicyclic) bond motifs is 1. The van der Waals surface area contributed by atoms with Crippen LogP contribution in [0.2, 0.25) is 0 Å². The predicted octanol–water partition coefficient (Wildman–Crippen LogP) is 6.08. The molecule has 2 aliphatic rings. The van der Waals surface area contributed by atoms with Crippen molar-refractivity contribution in [2.24, 2.45) is 11.3 Å². The lowest BCUT2D eigenvalue weighted by Crippen LogP contribution is -2.26. The molecule has 1 aromatic heterocycles. The second-order valence-corrected chi connectivity index (χ2v) is 11.9. The SMILES string of the molecule is COC(=O)c1c(NC(=O)CCSC2CCCCC2)sc2c1CCC(C(C)(C)C)C2. The summed E-state index contributed by atoms with van der Waals surface area (Å²) in [5, 5.41) is 4.44. The lowest BCUT2D eigenvalue weighted by atomic mass is 9.72. The van der Waals surface area contributed by atoms with Gasteiger partial charge >= 0.3 is 5.97 Å². The summed E-state index contributed by atoms with van der Waals surface area (Å²) in [6.45, 7) is 6.85. The van der Waals surface area contributed by atoms with Gasteiger partial charge in [0, 0.05) is 22.3 Å². The van der Waals surface area contributed by atoms with E-state index >= 15 is 0 Å². The normalized spacial score (nSPS) is 20.2. The quantitative estimate of drug-likeness (QED) is 0.548. The molecular weight excluding hydrogens is 402 g/mol. The van der Waals surface area contributed by atoms with E-state index in [4.69, 9.17) is 4.74 Å². The van der Waals surface area contributed by atoms with Gasteiger partial charge in [0.1, 0.15) is 5.00 Å². The molecule has 1 fully saturated rings. The molecule has 1 amide bonds. The van der Waals surface area contributed by atoms with Gasteiger partial charge in [0.25, 0.3) is 0 Å². The first-order valence-corrected chi connectivity index (χ1v) is 12.8. The second kappa shape index (κ2) is 9.86. The Hall–Kier alpha value is -1.01. The zero-order chi connectivity index (χ0) is 21.0. The van der Waals surface area contributed by atoms with Crippen LogP contribution < -0.4 is 5.32 Å². The number of carbonyl (C=O) groups is 2. The summed E-state index contributed by atoms with van der Waals surface area (Å²) in [5.41, 5.74) is 1.93. The van der Waals surface area contributed by atoms with Gasteiger partial charge in [0.2, 0.25) is 5.91 Å². The Morgan fingerprint density at radius 3 is 2.55 bits per heavy atom. The van der Waals surface area contributed by atoms with Crippen LogP contribution in [0.1, 0.15) is 86.5 Å². The minimum atomic E-state index is -0.330. The lowest BCUT2D eigenvalue weighted by molar-refractivity contribution is -0.115. The lowest BCUT2D eigenvalue weighted by Gasteiger charge is -2.33. The molecular formula is C23H35NO3S2. The molecule has 29 heavy (non-hydrogen) atoms. The molecule has 0 spiro atoms. The van der Waals surface area contributed by atoms with Crippen molar-refractivity contribution < 1.29 is 14.3 Å². The van der Waals surface area contributed by atoms with Crippen LogP contribution in [0.3, 0.4) is 0 Å². The van der Waals surface area contributed by atoms with Crippen molar-refractivity contribution in [3.05, 3.63) is 16.0 Å². The zero-order valence-electron chi connectivity index (χ0n) is 18.3. The minimum Gasteiger partial charge on any atom is -0.465 e. The van der Waals surface area contributed by atoms with Crippen LogP contribution >= 0.6 is 23.1 Å². The molecule has 1 unspecified atom stereocenters. The molecule has 1 saturated carbocycles. The number of ether oxygens (including phenoxy) is 1. The highest BCUT2D eigenvalue weighted by molar-refractivity contribution is 7.99. The third-order valence-electron chi connectivity index (χ3n) is 6.37. The van der Waals surface area contributed by atoms with Gasteiger partial charge in [-0.25, -0.2) is 4.79 Å². The number of anilines is 1. The van der Waals surface area contributed by atoms with Crippen molar-refractivity contribution in [1.29, 1.82) is 0 Å². The molecule has 0 aromatic carbocycles. The highest BCUT2D eigenvalue weighted by Gasteiger charge is 2.34. The van der Waals surface area contributed by atoms with Gasteiger partial charge in [-0.15, -0.1) is 11.3 Å². The fraction of sp³-hybridized carbons (Fsp3) is 0.739. The maximum Gasteiger partial charge on any atom is 0.341 e. The number of esters is 1. The van der Waals surface area contributed by atoms with Crippen molar-refractivity contribution >= 4 is 40.0 Å². The standard InChI is InChI=1S/C23H35NO3S2/c1-23(2,3)15-10-11-17-18(14-15)29-21(20(17)22(26)27-4)24-19(25)12-13-28-16-8-6-5-7-9-16/h15-16H,5-14H2,1-4H3,(H,24,25). The van der Waals surface area contributed by atoms with Crippen LogP contribution in [-0.4, -0.2) is 30.0 Å². The molecule has 4 nitrogen and oxygen atoms in total. The smallest absolute Gasteiger partial charge is 0.341 e. The molecule has 0 aliphatic heterocycles. The van der Waals surface area contributed by atoms with Crippen molar-refractivity contribution in [3.8, 4) is 0 Å². The first kappa shape index (κ1) is 22.7. The largest absolute Gasteiger partial charge is 0.465 e. The van der Waals surface area contributed by atoms with E-state index in [0.29, 0.717) is 28.2 Å². The first-order chi connectivity index (χ1) is 13.8. The van der Waals surface area contributed by atoms with Crippen LogP contribution in [-0.2, 0) is 22.4 Å². The fourth-order valence-electron chi connectivity index (χ4n) is 4.47. The Kier molecular flexibility index (Phi) is 7.71. The van der Waals surface area contributed by atoms with Crippen LogP contribution in [0, 0.1) is 11.3 Å². The van der Waals surface area contributed by atoms with Gasteiger partial charge < -0.3 is 10.1 Å². The van der Waals surface area contributed by atoms with E-state index in [1.165, 1.54) is 44.1 Å². The molecule has 0 bridgehead atoms. The molecule has 3 rings (SSSR count). The van der Waals surface area contributed by atoms with Crippen molar-refractivity contribution in [2.45, 2.75) is 83.8 Å². The van der Waals surface area contributed by atoms with E-state index in [1.54, 1.807) is 11.3 Å². The highest BCUT2D eigenvalue weighted by atomic mass is 32.2. The zero-order valence-corrected chi connectivity index (χ0v) is 19.9. The number of rotatable bonds is 6. The van der Waals surface area contributed by atoms with E-state index in [2.05, 4.69) is 26.1 Å². The van der Waals surface area contributed by atoms with E-state index in [9.17, 15) is 9.59 Å². The van der Waals surface area contributed by atoms with Crippen LogP contribution in [0.4, 0.5) is 5.00 Å². The number of hydrogen-bond donors (Lipinski definition) is 1. The molecule has 6 heteroatoms. The Morgan fingerprint density at radius 1 is 1.17 bits per heavy atom. The number of hydrogen-bond acceptors (Lipinski definition) is 5. The monoisotopic (exact) mass is 437 g/mol. The van der Waals surface area contributed by atoms with Crippen molar-refractivity contribution in [2.75, 3.05) is 18.2 Å². The topological polar surface area (TPSA) is 55.4 Å². The van der Waals surface area contributed by atoms with E-state index in [1.807, 2.05) is 11.8 Å². The average Bonchev–Trinajstić information content (AvgIpc) is 3.04. The third-order valence-corrected chi connectivity index (χ3v) is 8.92. The molecule has 1 N–H and O–H groups in total. The number of methoxy groups -OCH3 is 1. The summed E-state index contributed by atoms with van der Waals surface area (Å²) in [6.07, 6.45) is 9.99. The van der Waals surface area contributed by atoms with E-state index < -0.39 is 0 Å². The summed E-state index contributed by atoms with van der Waals surface area (Å²) in [7, 11) is 1.42. The molecule has 162 valence electrons. The fourth-order valence-corrected chi connectivity index (χ4v) is 7.11.